The quantitative estimate of drug-likeness (QED) is 0.566. The molecule has 0 aromatic heterocycles. The first kappa shape index (κ1) is 20.3. The normalized spacial score (nSPS) is 28.6. The van der Waals surface area contributed by atoms with Crippen molar-refractivity contribution >= 4 is 11.6 Å². The van der Waals surface area contributed by atoms with Gasteiger partial charge in [0.15, 0.2) is 11.2 Å². The summed E-state index contributed by atoms with van der Waals surface area (Å²) >= 11 is 6.15. The van der Waals surface area contributed by atoms with Crippen LogP contribution in [0.25, 0.3) is 0 Å². The molecule has 0 radical (unpaired) electrons. The Hall–Kier alpha value is -2.57. The highest BCUT2D eigenvalue weighted by atomic mass is 35.5. The fraction of sp³-hybridized carbons (Fsp3) is 0.280. The summed E-state index contributed by atoms with van der Waals surface area (Å²) in [5.41, 5.74) is 4.99. The van der Waals surface area contributed by atoms with E-state index in [0.717, 1.165) is 11.1 Å². The van der Waals surface area contributed by atoms with E-state index < -0.39 is 17.3 Å². The predicted octanol–water partition coefficient (Wildman–Crippen LogP) is 3.70. The van der Waals surface area contributed by atoms with Crippen molar-refractivity contribution in [3.8, 4) is 11.5 Å². The highest BCUT2D eigenvalue weighted by Gasteiger charge is 2.72. The summed E-state index contributed by atoms with van der Waals surface area (Å²) in [6.07, 6.45) is -0.668. The Kier molecular flexibility index (Phi) is 4.94. The van der Waals surface area contributed by atoms with Crippen molar-refractivity contribution in [1.82, 2.24) is 0 Å². The maximum absolute atomic E-state index is 12.2. The van der Waals surface area contributed by atoms with Crippen LogP contribution in [0.5, 0.6) is 11.5 Å². The van der Waals surface area contributed by atoms with Crippen molar-refractivity contribution < 1.29 is 19.7 Å². The number of hydrogen-bond acceptors (Lipinski definition) is 5. The molecule has 6 heteroatoms. The van der Waals surface area contributed by atoms with Gasteiger partial charge in [-0.05, 0) is 41.8 Å². The molecule has 1 aliphatic heterocycles. The van der Waals surface area contributed by atoms with Crippen LogP contribution in [0.1, 0.15) is 29.0 Å². The summed E-state index contributed by atoms with van der Waals surface area (Å²) in [6, 6.07) is 22.4. The SMILES string of the molecule is NCCOc1ccc2c(c1)OC1(c3ccc(Cl)cc3)C(c3ccccc3)CC(O)C21O. The zero-order valence-electron chi connectivity index (χ0n) is 16.9. The molecule has 160 valence electrons. The average molecular weight is 438 g/mol. The van der Waals surface area contributed by atoms with E-state index in [9.17, 15) is 10.2 Å². The van der Waals surface area contributed by atoms with Crippen molar-refractivity contribution in [2.24, 2.45) is 5.73 Å². The Morgan fingerprint density at radius 2 is 1.81 bits per heavy atom. The van der Waals surface area contributed by atoms with Gasteiger partial charge >= 0.3 is 0 Å². The minimum Gasteiger partial charge on any atom is -0.492 e. The molecule has 2 aliphatic rings. The van der Waals surface area contributed by atoms with Gasteiger partial charge in [-0.15, -0.1) is 0 Å². The molecule has 5 nitrogen and oxygen atoms in total. The van der Waals surface area contributed by atoms with E-state index in [0.29, 0.717) is 41.7 Å². The average Bonchev–Trinajstić information content (AvgIpc) is 3.18. The smallest absolute Gasteiger partial charge is 0.176 e. The lowest BCUT2D eigenvalue weighted by atomic mass is 9.71. The molecule has 3 aromatic carbocycles. The largest absolute Gasteiger partial charge is 0.492 e. The van der Waals surface area contributed by atoms with Gasteiger partial charge < -0.3 is 25.4 Å². The van der Waals surface area contributed by atoms with Crippen LogP contribution in [-0.4, -0.2) is 29.5 Å². The standard InChI is InChI=1S/C25H24ClNO4/c26-18-8-6-17(7-9-18)25-21(16-4-2-1-3-5-16)15-23(28)24(25,29)20-11-10-19(30-13-12-27)14-22(20)31-25/h1-11,14,21,23,28-29H,12-13,15,27H2. The van der Waals surface area contributed by atoms with Crippen molar-refractivity contribution in [3.63, 3.8) is 0 Å². The van der Waals surface area contributed by atoms with E-state index in [1.165, 1.54) is 0 Å². The topological polar surface area (TPSA) is 84.9 Å². The number of nitrogens with two attached hydrogens (primary N) is 1. The number of benzene rings is 3. The third kappa shape index (κ3) is 2.88. The van der Waals surface area contributed by atoms with Crippen LogP contribution in [0.3, 0.4) is 0 Å². The summed E-state index contributed by atoms with van der Waals surface area (Å²) < 4.78 is 12.3. The van der Waals surface area contributed by atoms with Gasteiger partial charge in [-0.3, -0.25) is 0 Å². The second kappa shape index (κ2) is 7.53. The molecule has 5 rings (SSSR count). The molecule has 1 saturated carbocycles. The summed E-state index contributed by atoms with van der Waals surface area (Å²) in [5, 5.41) is 24.0. The van der Waals surface area contributed by atoms with Crippen molar-refractivity contribution in [1.29, 1.82) is 0 Å². The minimum atomic E-state index is -1.64. The lowest BCUT2D eigenvalue weighted by molar-refractivity contribution is -0.149. The van der Waals surface area contributed by atoms with E-state index in [1.807, 2.05) is 42.5 Å². The Morgan fingerprint density at radius 3 is 2.52 bits per heavy atom. The molecule has 31 heavy (non-hydrogen) atoms. The first-order valence-corrected chi connectivity index (χ1v) is 10.8. The first-order valence-electron chi connectivity index (χ1n) is 10.4. The van der Waals surface area contributed by atoms with Gasteiger partial charge in [0.05, 0.1) is 6.10 Å². The molecular weight excluding hydrogens is 414 g/mol. The van der Waals surface area contributed by atoms with Crippen molar-refractivity contribution in [2.45, 2.75) is 29.6 Å². The van der Waals surface area contributed by atoms with Crippen LogP contribution in [0, 0.1) is 0 Å². The third-order valence-electron chi connectivity index (χ3n) is 6.49. The molecule has 1 fully saturated rings. The van der Waals surface area contributed by atoms with E-state index in [1.54, 1.807) is 30.3 Å². The molecule has 0 bridgehead atoms. The predicted molar refractivity (Wildman–Crippen MR) is 118 cm³/mol. The molecule has 0 saturated heterocycles. The number of hydrogen-bond donors (Lipinski definition) is 3. The summed E-state index contributed by atoms with van der Waals surface area (Å²) in [7, 11) is 0. The minimum absolute atomic E-state index is 0.282. The van der Waals surface area contributed by atoms with Gasteiger partial charge in [0.2, 0.25) is 0 Å². The first-order chi connectivity index (χ1) is 15.0. The van der Waals surface area contributed by atoms with E-state index in [-0.39, 0.29) is 5.92 Å². The highest BCUT2D eigenvalue weighted by Crippen LogP contribution is 2.66. The maximum atomic E-state index is 12.2. The molecular formula is C25H24ClNO4. The Morgan fingerprint density at radius 1 is 1.06 bits per heavy atom. The van der Waals surface area contributed by atoms with Gasteiger partial charge in [0.25, 0.3) is 0 Å². The Bertz CT molecular complexity index is 1090. The van der Waals surface area contributed by atoms with Gasteiger partial charge in [0, 0.05) is 29.1 Å². The van der Waals surface area contributed by atoms with E-state index in [4.69, 9.17) is 26.8 Å². The monoisotopic (exact) mass is 437 g/mol. The van der Waals surface area contributed by atoms with Crippen LogP contribution in [0.15, 0.2) is 72.8 Å². The van der Waals surface area contributed by atoms with Crippen LogP contribution in [0.4, 0.5) is 0 Å². The van der Waals surface area contributed by atoms with Crippen molar-refractivity contribution in [3.05, 3.63) is 94.5 Å². The lowest BCUT2D eigenvalue weighted by Crippen LogP contribution is -2.51. The number of aliphatic hydroxyl groups is 2. The van der Waals surface area contributed by atoms with Gasteiger partial charge in [0.1, 0.15) is 18.1 Å². The highest BCUT2D eigenvalue weighted by molar-refractivity contribution is 6.30. The summed E-state index contributed by atoms with van der Waals surface area (Å²) in [4.78, 5) is 0. The number of halogens is 1. The number of aliphatic hydroxyl groups excluding tert-OH is 1. The van der Waals surface area contributed by atoms with Crippen LogP contribution in [0.2, 0.25) is 5.02 Å². The van der Waals surface area contributed by atoms with Gasteiger partial charge in [-0.2, -0.15) is 0 Å². The van der Waals surface area contributed by atoms with Crippen LogP contribution >= 0.6 is 11.6 Å². The maximum Gasteiger partial charge on any atom is 0.176 e. The second-order valence-electron chi connectivity index (χ2n) is 8.12. The fourth-order valence-electron chi connectivity index (χ4n) is 5.18. The van der Waals surface area contributed by atoms with E-state index in [2.05, 4.69) is 0 Å². The molecule has 4 N–H and O–H groups in total. The number of ether oxygens (including phenoxy) is 2. The zero-order chi connectivity index (χ0) is 21.6. The lowest BCUT2D eigenvalue weighted by Gasteiger charge is -2.40. The molecule has 1 aliphatic carbocycles. The zero-order valence-corrected chi connectivity index (χ0v) is 17.6. The summed E-state index contributed by atoms with van der Waals surface area (Å²) in [6.45, 7) is 0.770. The number of rotatable bonds is 5. The van der Waals surface area contributed by atoms with Crippen molar-refractivity contribution in [2.75, 3.05) is 13.2 Å². The fourth-order valence-corrected chi connectivity index (χ4v) is 5.30. The summed E-state index contributed by atoms with van der Waals surface area (Å²) in [5.74, 6) is 0.812. The molecule has 4 atom stereocenters. The molecule has 0 amide bonds. The molecule has 4 unspecified atom stereocenters. The Labute approximate surface area is 186 Å². The third-order valence-corrected chi connectivity index (χ3v) is 6.75. The molecule has 0 spiro atoms. The van der Waals surface area contributed by atoms with Gasteiger partial charge in [-0.1, -0.05) is 54.1 Å². The molecule has 1 heterocycles. The second-order valence-corrected chi connectivity index (χ2v) is 8.56. The molecule has 3 aromatic rings. The van der Waals surface area contributed by atoms with Gasteiger partial charge in [-0.25, -0.2) is 0 Å². The van der Waals surface area contributed by atoms with Crippen LogP contribution < -0.4 is 15.2 Å². The van der Waals surface area contributed by atoms with E-state index >= 15 is 0 Å². The Balaban J connectivity index is 1.71. The van der Waals surface area contributed by atoms with Crippen LogP contribution in [-0.2, 0) is 11.2 Å². The number of fused-ring (bicyclic) bond motifs is 3.